The topological polar surface area (TPSA) is 0 Å². The fraction of sp³-hybridized carbons (Fsp3) is 0.545. The summed E-state index contributed by atoms with van der Waals surface area (Å²) in [7, 11) is 4.61. The number of rotatable bonds is 5. The van der Waals surface area contributed by atoms with E-state index in [0.29, 0.717) is 17.4 Å². The third-order valence-corrected chi connectivity index (χ3v) is 6.03. The Hall–Kier alpha value is -0.320. The van der Waals surface area contributed by atoms with Gasteiger partial charge >= 0.3 is 0 Å². The summed E-state index contributed by atoms with van der Waals surface area (Å²) in [4.78, 5) is 0. The fourth-order valence-electron chi connectivity index (χ4n) is 3.69. The van der Waals surface area contributed by atoms with Gasteiger partial charge in [0, 0.05) is 16.5 Å². The average molecular weight is 474 g/mol. The van der Waals surface area contributed by atoms with E-state index in [1.807, 2.05) is 12.1 Å². The predicted octanol–water partition coefficient (Wildman–Crippen LogP) is 3.25. The summed E-state index contributed by atoms with van der Waals surface area (Å²) in [6.45, 7) is 10.4. The van der Waals surface area contributed by atoms with E-state index in [1.54, 1.807) is 0 Å². The Labute approximate surface area is 176 Å². The standard InChI is InChI=1S/C22H33ClN.HI/c1-17-8-7-15-22(3,4)21(17)14-9-18(2)24(5,6)16-19-10-12-20(23)13-11-19;/h8-14,18,21H,7,15-16H2,1-6H3;1H/q+1;/p-1. The maximum atomic E-state index is 6.00. The Morgan fingerprint density at radius 2 is 1.84 bits per heavy atom. The molecule has 0 heterocycles. The molecule has 1 nitrogen and oxygen atoms in total. The monoisotopic (exact) mass is 473 g/mol. The van der Waals surface area contributed by atoms with Gasteiger partial charge in [-0.2, -0.15) is 0 Å². The van der Waals surface area contributed by atoms with Crippen LogP contribution in [0.3, 0.4) is 0 Å². The molecule has 1 aromatic rings. The highest BCUT2D eigenvalue weighted by Gasteiger charge is 2.31. The van der Waals surface area contributed by atoms with Crippen LogP contribution in [0.2, 0.25) is 5.02 Å². The zero-order valence-corrected chi connectivity index (χ0v) is 19.4. The maximum absolute atomic E-state index is 6.00. The van der Waals surface area contributed by atoms with Gasteiger partial charge in [-0.3, -0.25) is 0 Å². The van der Waals surface area contributed by atoms with E-state index in [1.165, 1.54) is 24.0 Å². The molecule has 1 aliphatic carbocycles. The quantitative estimate of drug-likeness (QED) is 0.350. The molecular formula is C22H33ClIN. The lowest BCUT2D eigenvalue weighted by Crippen LogP contribution is -3.00. The lowest BCUT2D eigenvalue weighted by molar-refractivity contribution is -0.919. The molecule has 0 aromatic heterocycles. The van der Waals surface area contributed by atoms with E-state index < -0.39 is 0 Å². The minimum Gasteiger partial charge on any atom is -1.00 e. The van der Waals surface area contributed by atoms with Crippen molar-refractivity contribution in [3.8, 4) is 0 Å². The molecule has 2 unspecified atom stereocenters. The lowest BCUT2D eigenvalue weighted by Gasteiger charge is -2.38. The van der Waals surface area contributed by atoms with Gasteiger partial charge in [-0.15, -0.1) is 0 Å². The number of halogens is 2. The van der Waals surface area contributed by atoms with Crippen molar-refractivity contribution >= 4 is 11.6 Å². The van der Waals surface area contributed by atoms with Gasteiger partial charge in [-0.25, -0.2) is 0 Å². The van der Waals surface area contributed by atoms with Gasteiger partial charge in [0.2, 0.25) is 0 Å². The molecule has 3 heteroatoms. The Kier molecular flexibility index (Phi) is 8.23. The second-order valence-corrected chi connectivity index (χ2v) is 9.08. The van der Waals surface area contributed by atoms with Crippen LogP contribution < -0.4 is 24.0 Å². The molecule has 0 fully saturated rings. The van der Waals surface area contributed by atoms with Crippen LogP contribution in [0, 0.1) is 11.3 Å². The van der Waals surface area contributed by atoms with Gasteiger partial charge in [-0.1, -0.05) is 55.3 Å². The van der Waals surface area contributed by atoms with Crippen molar-refractivity contribution < 1.29 is 28.5 Å². The predicted molar refractivity (Wildman–Crippen MR) is 106 cm³/mol. The highest BCUT2D eigenvalue weighted by atomic mass is 127. The Morgan fingerprint density at radius 3 is 2.40 bits per heavy atom. The Morgan fingerprint density at radius 1 is 1.24 bits per heavy atom. The molecule has 1 aliphatic rings. The van der Waals surface area contributed by atoms with Crippen molar-refractivity contribution in [2.45, 2.75) is 53.1 Å². The summed E-state index contributed by atoms with van der Waals surface area (Å²) in [6, 6.07) is 8.70. The van der Waals surface area contributed by atoms with Gasteiger partial charge in [0.1, 0.15) is 12.6 Å². The van der Waals surface area contributed by atoms with Crippen LogP contribution in [0.4, 0.5) is 0 Å². The van der Waals surface area contributed by atoms with Gasteiger partial charge in [-0.05, 0) is 50.3 Å². The number of likely N-dealkylation sites (N-methyl/N-ethyl adjacent to an activating group) is 1. The number of allylic oxidation sites excluding steroid dienone is 3. The number of hydrogen-bond acceptors (Lipinski definition) is 0. The number of nitrogens with zero attached hydrogens (tertiary/aromatic N) is 1. The van der Waals surface area contributed by atoms with Gasteiger partial charge in [0.15, 0.2) is 0 Å². The number of benzene rings is 1. The van der Waals surface area contributed by atoms with Crippen molar-refractivity contribution in [1.82, 2.24) is 0 Å². The second-order valence-electron chi connectivity index (χ2n) is 8.64. The summed E-state index contributed by atoms with van der Waals surface area (Å²) in [5.74, 6) is 0.559. The first kappa shape index (κ1) is 22.7. The van der Waals surface area contributed by atoms with Crippen LogP contribution in [0.1, 0.15) is 46.1 Å². The van der Waals surface area contributed by atoms with E-state index in [-0.39, 0.29) is 24.0 Å². The van der Waals surface area contributed by atoms with Gasteiger partial charge in [0.05, 0.1) is 14.1 Å². The van der Waals surface area contributed by atoms with Crippen molar-refractivity contribution in [2.24, 2.45) is 11.3 Å². The van der Waals surface area contributed by atoms with Crippen LogP contribution in [0.15, 0.2) is 48.1 Å². The first-order chi connectivity index (χ1) is 11.1. The van der Waals surface area contributed by atoms with E-state index in [9.17, 15) is 0 Å². The summed E-state index contributed by atoms with van der Waals surface area (Å²) in [6.07, 6.45) is 9.79. The lowest BCUT2D eigenvalue weighted by atomic mass is 9.68. The van der Waals surface area contributed by atoms with Crippen LogP contribution >= 0.6 is 11.6 Å². The summed E-state index contributed by atoms with van der Waals surface area (Å²) in [5.41, 5.74) is 3.22. The molecule has 0 saturated heterocycles. The molecule has 0 radical (unpaired) electrons. The highest BCUT2D eigenvalue weighted by molar-refractivity contribution is 6.30. The molecule has 0 spiro atoms. The molecule has 0 amide bonds. The van der Waals surface area contributed by atoms with Gasteiger partial charge < -0.3 is 28.5 Å². The third kappa shape index (κ3) is 6.11. The smallest absolute Gasteiger partial charge is 0.105 e. The average Bonchev–Trinajstić information content (AvgIpc) is 2.48. The second kappa shape index (κ2) is 9.05. The van der Waals surface area contributed by atoms with E-state index >= 15 is 0 Å². The molecule has 140 valence electrons. The molecule has 2 rings (SSSR count). The molecular weight excluding hydrogens is 441 g/mol. The summed E-state index contributed by atoms with van der Waals surface area (Å²) in [5, 5.41) is 0.804. The Balaban J connectivity index is 0.00000312. The highest BCUT2D eigenvalue weighted by Crippen LogP contribution is 2.41. The molecule has 25 heavy (non-hydrogen) atoms. The largest absolute Gasteiger partial charge is 1.00 e. The molecule has 0 N–H and O–H groups in total. The summed E-state index contributed by atoms with van der Waals surface area (Å²) < 4.78 is 0.939. The van der Waals surface area contributed by atoms with Crippen molar-refractivity contribution in [3.05, 3.63) is 58.7 Å². The van der Waals surface area contributed by atoms with Crippen LogP contribution in [0.5, 0.6) is 0 Å². The molecule has 0 bridgehead atoms. The molecule has 0 saturated carbocycles. The fourth-order valence-corrected chi connectivity index (χ4v) is 3.82. The maximum Gasteiger partial charge on any atom is 0.105 e. The molecule has 0 aliphatic heterocycles. The minimum absolute atomic E-state index is 0. The zero-order chi connectivity index (χ0) is 18.0. The number of hydrogen-bond donors (Lipinski definition) is 0. The van der Waals surface area contributed by atoms with Crippen molar-refractivity contribution in [1.29, 1.82) is 0 Å². The normalized spacial score (nSPS) is 21.6. The first-order valence-electron chi connectivity index (χ1n) is 9.04. The summed E-state index contributed by atoms with van der Waals surface area (Å²) >= 11 is 6.00. The van der Waals surface area contributed by atoms with Crippen LogP contribution in [-0.4, -0.2) is 24.6 Å². The van der Waals surface area contributed by atoms with Crippen molar-refractivity contribution in [2.75, 3.05) is 14.1 Å². The van der Waals surface area contributed by atoms with E-state index in [0.717, 1.165) is 16.1 Å². The SMILES string of the molecule is CC1=CCCC(C)(C)C1C=CC(C)[N+](C)(C)Cc1ccc(Cl)cc1.[I-]. The first-order valence-corrected chi connectivity index (χ1v) is 9.42. The van der Waals surface area contributed by atoms with Crippen LogP contribution in [0.25, 0.3) is 0 Å². The third-order valence-electron chi connectivity index (χ3n) is 5.78. The van der Waals surface area contributed by atoms with E-state index in [2.05, 4.69) is 72.2 Å². The molecule has 1 aromatic carbocycles. The minimum atomic E-state index is 0. The van der Waals surface area contributed by atoms with Gasteiger partial charge in [0.25, 0.3) is 0 Å². The zero-order valence-electron chi connectivity index (χ0n) is 16.5. The van der Waals surface area contributed by atoms with Crippen molar-refractivity contribution in [3.63, 3.8) is 0 Å². The Bertz CT molecular complexity index is 613. The van der Waals surface area contributed by atoms with E-state index in [4.69, 9.17) is 11.6 Å². The number of quaternary nitrogens is 1. The molecule has 2 atom stereocenters. The van der Waals surface area contributed by atoms with Crippen LogP contribution in [-0.2, 0) is 6.54 Å².